The third kappa shape index (κ3) is 2.95. The van der Waals surface area contributed by atoms with Crippen molar-refractivity contribution in [2.24, 2.45) is 5.73 Å². The highest BCUT2D eigenvalue weighted by atomic mass is 35.5. The molecule has 1 unspecified atom stereocenters. The summed E-state index contributed by atoms with van der Waals surface area (Å²) in [5.74, 6) is 0.00614. The van der Waals surface area contributed by atoms with Gasteiger partial charge in [-0.3, -0.25) is 4.79 Å². The Kier molecular flexibility index (Phi) is 4.98. The molecule has 1 amide bonds. The summed E-state index contributed by atoms with van der Waals surface area (Å²) >= 11 is 0. The second-order valence-corrected chi connectivity index (χ2v) is 5.17. The van der Waals surface area contributed by atoms with Crippen LogP contribution in [0.15, 0.2) is 36.2 Å². The van der Waals surface area contributed by atoms with Crippen molar-refractivity contribution in [1.29, 1.82) is 0 Å². The molecule has 1 fully saturated rings. The topological polar surface area (TPSA) is 55.6 Å². The zero-order chi connectivity index (χ0) is 14.1. The predicted molar refractivity (Wildman–Crippen MR) is 79.8 cm³/mol. The smallest absolute Gasteiger partial charge is 0.256 e. The van der Waals surface area contributed by atoms with Crippen molar-refractivity contribution < 1.29 is 13.9 Å². The van der Waals surface area contributed by atoms with Crippen molar-refractivity contribution in [3.8, 4) is 0 Å². The second kappa shape index (κ2) is 6.56. The molecule has 1 aliphatic carbocycles. The fraction of sp³-hybridized carbons (Fsp3) is 0.400. The highest BCUT2D eigenvalue weighted by Crippen LogP contribution is 2.42. The highest BCUT2D eigenvalue weighted by molar-refractivity contribution is 5.99. The minimum atomic E-state index is -0.423. The normalized spacial score (nSPS) is 21.2. The van der Waals surface area contributed by atoms with E-state index in [9.17, 15) is 9.18 Å². The first kappa shape index (κ1) is 15.9. The molecule has 21 heavy (non-hydrogen) atoms. The van der Waals surface area contributed by atoms with Crippen LogP contribution in [0.3, 0.4) is 0 Å². The molecule has 1 aromatic rings. The molecule has 3 rings (SSSR count). The average Bonchev–Trinajstić information content (AvgIpc) is 3.27. The largest absolute Gasteiger partial charge is 0.349 e. The molecule has 1 saturated carbocycles. The van der Waals surface area contributed by atoms with E-state index in [-0.39, 0.29) is 37.5 Å². The monoisotopic (exact) mass is 312 g/mol. The van der Waals surface area contributed by atoms with E-state index in [4.69, 9.17) is 10.5 Å². The van der Waals surface area contributed by atoms with Crippen LogP contribution in [0, 0.1) is 0 Å². The van der Waals surface area contributed by atoms with Gasteiger partial charge in [0.25, 0.3) is 5.91 Å². The Bertz CT molecular complexity index is 560. The van der Waals surface area contributed by atoms with Crippen molar-refractivity contribution >= 4 is 18.3 Å². The number of rotatable bonds is 5. The first-order valence-corrected chi connectivity index (χ1v) is 6.77. The Hall–Kier alpha value is -1.43. The van der Waals surface area contributed by atoms with Crippen LogP contribution in [-0.2, 0) is 4.74 Å². The maximum Gasteiger partial charge on any atom is 0.256 e. The standard InChI is InChI=1S/C15H17FN2O2.ClH/c16-7-10(8-17)9-20-15-13-4-2-1-3-12(13)14(19)18(15)11-5-6-11;/h1-4,7,11,15H,5-6,8-9,17H2;1H. The Morgan fingerprint density at radius 2 is 2.14 bits per heavy atom. The lowest BCUT2D eigenvalue weighted by Crippen LogP contribution is -2.32. The number of nitrogens with zero attached hydrogens (tertiary/aromatic N) is 1. The molecule has 2 aliphatic rings. The highest BCUT2D eigenvalue weighted by Gasteiger charge is 2.45. The number of benzene rings is 1. The van der Waals surface area contributed by atoms with Gasteiger partial charge in [-0.15, -0.1) is 12.4 Å². The number of ether oxygens (including phenoxy) is 1. The SMILES string of the molecule is Cl.NCC(=CF)COC1c2ccccc2C(=O)N1C1CC1. The van der Waals surface area contributed by atoms with E-state index in [1.54, 1.807) is 4.90 Å². The zero-order valence-corrected chi connectivity index (χ0v) is 12.3. The third-order valence-corrected chi connectivity index (χ3v) is 3.73. The minimum absolute atomic E-state index is 0. The number of hydrogen-bond donors (Lipinski definition) is 1. The molecule has 0 spiro atoms. The van der Waals surface area contributed by atoms with E-state index in [2.05, 4.69) is 0 Å². The maximum absolute atomic E-state index is 12.6. The molecule has 0 saturated heterocycles. The first-order valence-electron chi connectivity index (χ1n) is 6.77. The van der Waals surface area contributed by atoms with E-state index in [0.717, 1.165) is 18.4 Å². The van der Waals surface area contributed by atoms with E-state index in [1.807, 2.05) is 24.3 Å². The fourth-order valence-electron chi connectivity index (χ4n) is 2.50. The number of fused-ring (bicyclic) bond motifs is 1. The van der Waals surface area contributed by atoms with Crippen LogP contribution >= 0.6 is 12.4 Å². The van der Waals surface area contributed by atoms with E-state index in [0.29, 0.717) is 17.5 Å². The van der Waals surface area contributed by atoms with Gasteiger partial charge in [0.05, 0.1) is 12.9 Å². The molecule has 114 valence electrons. The molecule has 1 heterocycles. The summed E-state index contributed by atoms with van der Waals surface area (Å²) in [5, 5.41) is 0. The quantitative estimate of drug-likeness (QED) is 0.909. The predicted octanol–water partition coefficient (Wildman–Crippen LogP) is 2.55. The lowest BCUT2D eigenvalue weighted by molar-refractivity contribution is -0.0342. The number of carbonyl (C=O) groups excluding carboxylic acids is 1. The average molecular weight is 313 g/mol. The van der Waals surface area contributed by atoms with Crippen LogP contribution < -0.4 is 5.73 Å². The minimum Gasteiger partial charge on any atom is -0.349 e. The summed E-state index contributed by atoms with van der Waals surface area (Å²) in [7, 11) is 0. The van der Waals surface area contributed by atoms with Gasteiger partial charge < -0.3 is 15.4 Å². The first-order chi connectivity index (χ1) is 9.76. The Morgan fingerprint density at radius 3 is 2.76 bits per heavy atom. The van der Waals surface area contributed by atoms with Crippen LogP contribution in [0.25, 0.3) is 0 Å². The van der Waals surface area contributed by atoms with Gasteiger partial charge in [0, 0.05) is 23.7 Å². The van der Waals surface area contributed by atoms with E-state index >= 15 is 0 Å². The number of nitrogens with two attached hydrogens (primary N) is 1. The molecule has 2 N–H and O–H groups in total. The van der Waals surface area contributed by atoms with Crippen molar-refractivity contribution in [2.75, 3.05) is 13.2 Å². The van der Waals surface area contributed by atoms with Gasteiger partial charge in [0.1, 0.15) is 0 Å². The Labute approximate surface area is 129 Å². The summed E-state index contributed by atoms with van der Waals surface area (Å²) in [6.45, 7) is 0.213. The molecule has 6 heteroatoms. The summed E-state index contributed by atoms with van der Waals surface area (Å²) in [6, 6.07) is 7.67. The number of halogens is 2. The van der Waals surface area contributed by atoms with E-state index in [1.165, 1.54) is 0 Å². The summed E-state index contributed by atoms with van der Waals surface area (Å²) in [5.41, 5.74) is 7.36. The molecule has 0 radical (unpaired) electrons. The Balaban J connectivity index is 0.00000161. The van der Waals surface area contributed by atoms with Gasteiger partial charge in [0.2, 0.25) is 0 Å². The van der Waals surface area contributed by atoms with Crippen molar-refractivity contribution in [3.63, 3.8) is 0 Å². The molecule has 4 nitrogen and oxygen atoms in total. The lowest BCUT2D eigenvalue weighted by atomic mass is 10.1. The van der Waals surface area contributed by atoms with Gasteiger partial charge in [-0.1, -0.05) is 18.2 Å². The van der Waals surface area contributed by atoms with Crippen LogP contribution in [0.1, 0.15) is 35.0 Å². The van der Waals surface area contributed by atoms with Crippen molar-refractivity contribution in [3.05, 3.63) is 47.3 Å². The Morgan fingerprint density at radius 1 is 1.43 bits per heavy atom. The maximum atomic E-state index is 12.6. The summed E-state index contributed by atoms with van der Waals surface area (Å²) in [4.78, 5) is 14.2. The molecular weight excluding hydrogens is 295 g/mol. The van der Waals surface area contributed by atoms with Gasteiger partial charge in [0.15, 0.2) is 6.23 Å². The second-order valence-electron chi connectivity index (χ2n) is 5.17. The fourth-order valence-corrected chi connectivity index (χ4v) is 2.50. The number of hydrogen-bond acceptors (Lipinski definition) is 3. The molecular formula is C15H18ClFN2O2. The van der Waals surface area contributed by atoms with Crippen molar-refractivity contribution in [2.45, 2.75) is 25.1 Å². The molecule has 0 bridgehead atoms. The molecule has 1 aliphatic heterocycles. The lowest BCUT2D eigenvalue weighted by Gasteiger charge is -2.25. The summed E-state index contributed by atoms with van der Waals surface area (Å²) < 4.78 is 18.3. The zero-order valence-electron chi connectivity index (χ0n) is 11.5. The van der Waals surface area contributed by atoms with Crippen LogP contribution in [0.5, 0.6) is 0 Å². The molecule has 1 aromatic carbocycles. The van der Waals surface area contributed by atoms with Gasteiger partial charge in [-0.2, -0.15) is 0 Å². The number of amides is 1. The summed E-state index contributed by atoms with van der Waals surface area (Å²) in [6.07, 6.45) is 2.06. The molecule has 0 aromatic heterocycles. The number of carbonyl (C=O) groups is 1. The van der Waals surface area contributed by atoms with Crippen LogP contribution in [-0.4, -0.2) is 30.0 Å². The molecule has 1 atom stereocenters. The third-order valence-electron chi connectivity index (χ3n) is 3.73. The van der Waals surface area contributed by atoms with Crippen molar-refractivity contribution in [1.82, 2.24) is 4.90 Å². The van der Waals surface area contributed by atoms with E-state index < -0.39 is 6.23 Å². The van der Waals surface area contributed by atoms with Gasteiger partial charge in [-0.25, -0.2) is 4.39 Å². The van der Waals surface area contributed by atoms with Gasteiger partial charge in [-0.05, 0) is 24.5 Å². The van der Waals surface area contributed by atoms with Gasteiger partial charge >= 0.3 is 0 Å². The van der Waals surface area contributed by atoms with Crippen LogP contribution in [0.2, 0.25) is 0 Å². The van der Waals surface area contributed by atoms with Crippen LogP contribution in [0.4, 0.5) is 4.39 Å².